The van der Waals surface area contributed by atoms with Crippen LogP contribution in [0.3, 0.4) is 0 Å². The molecule has 7 aromatic carbocycles. The van der Waals surface area contributed by atoms with E-state index in [0.717, 1.165) is 11.4 Å². The topological polar surface area (TPSA) is 12.0 Å². The van der Waals surface area contributed by atoms with E-state index in [1.165, 1.54) is 64.3 Å². The molecule has 0 aliphatic carbocycles. The second kappa shape index (κ2) is 10.3. The number of anilines is 2. The van der Waals surface area contributed by atoms with E-state index in [2.05, 4.69) is 163 Å². The molecule has 2 heteroatoms. The standard InChI is InChI=1S/C40H27NS/c1-2-10-28(11-3-1)36-26-30(34-17-9-19-39-40(34)35-15-6-7-18-38(35)42-39)22-25-37(36)41-31-23-20-29(21-24-31)33-16-8-13-27-12-4-5-14-32(27)33/h1-26,41H. The number of hydrogen-bond acceptors (Lipinski definition) is 2. The summed E-state index contributed by atoms with van der Waals surface area (Å²) in [6.07, 6.45) is 0. The van der Waals surface area contributed by atoms with Gasteiger partial charge in [-0.25, -0.2) is 0 Å². The molecule has 0 bridgehead atoms. The van der Waals surface area contributed by atoms with E-state index >= 15 is 0 Å². The highest BCUT2D eigenvalue weighted by atomic mass is 32.1. The van der Waals surface area contributed by atoms with Gasteiger partial charge in [0.05, 0.1) is 0 Å². The van der Waals surface area contributed by atoms with Gasteiger partial charge in [0.2, 0.25) is 0 Å². The monoisotopic (exact) mass is 553 g/mol. The molecule has 0 unspecified atom stereocenters. The zero-order chi connectivity index (χ0) is 27.9. The van der Waals surface area contributed by atoms with Crippen molar-refractivity contribution in [2.24, 2.45) is 0 Å². The van der Waals surface area contributed by atoms with Gasteiger partial charge in [0.1, 0.15) is 0 Å². The molecule has 1 nitrogen and oxygen atoms in total. The van der Waals surface area contributed by atoms with Gasteiger partial charge in [0, 0.05) is 37.1 Å². The highest BCUT2D eigenvalue weighted by molar-refractivity contribution is 7.25. The molecule has 42 heavy (non-hydrogen) atoms. The average molecular weight is 554 g/mol. The van der Waals surface area contributed by atoms with E-state index in [-0.39, 0.29) is 0 Å². The maximum Gasteiger partial charge on any atom is 0.0464 e. The Morgan fingerprint density at radius 3 is 1.93 bits per heavy atom. The van der Waals surface area contributed by atoms with Crippen LogP contribution in [0, 0.1) is 0 Å². The molecule has 8 aromatic rings. The Morgan fingerprint density at radius 2 is 1.05 bits per heavy atom. The number of nitrogens with one attached hydrogen (secondary N) is 1. The fraction of sp³-hybridized carbons (Fsp3) is 0. The Labute approximate surface area is 249 Å². The summed E-state index contributed by atoms with van der Waals surface area (Å²) in [6, 6.07) is 56.7. The Kier molecular flexibility index (Phi) is 6.05. The van der Waals surface area contributed by atoms with Crippen molar-refractivity contribution in [3.8, 4) is 33.4 Å². The molecule has 8 rings (SSSR count). The largest absolute Gasteiger partial charge is 0.355 e. The summed E-state index contributed by atoms with van der Waals surface area (Å²) in [7, 11) is 0. The zero-order valence-electron chi connectivity index (χ0n) is 22.9. The molecule has 0 aliphatic rings. The first-order valence-corrected chi connectivity index (χ1v) is 15.1. The highest BCUT2D eigenvalue weighted by Crippen LogP contribution is 2.42. The molecule has 0 aliphatic heterocycles. The van der Waals surface area contributed by atoms with Gasteiger partial charge in [-0.15, -0.1) is 11.3 Å². The van der Waals surface area contributed by atoms with Crippen molar-refractivity contribution in [2.75, 3.05) is 5.32 Å². The SMILES string of the molecule is c1ccc(-c2cc(-c3cccc4sc5ccccc5c34)ccc2Nc2ccc(-c3cccc4ccccc34)cc2)cc1. The van der Waals surface area contributed by atoms with Gasteiger partial charge in [0.25, 0.3) is 0 Å². The van der Waals surface area contributed by atoms with Crippen molar-refractivity contribution in [3.63, 3.8) is 0 Å². The minimum atomic E-state index is 1.06. The van der Waals surface area contributed by atoms with Crippen molar-refractivity contribution in [1.29, 1.82) is 0 Å². The zero-order valence-corrected chi connectivity index (χ0v) is 23.7. The Morgan fingerprint density at radius 1 is 0.405 bits per heavy atom. The molecule has 0 amide bonds. The van der Waals surface area contributed by atoms with Crippen LogP contribution in [0.2, 0.25) is 0 Å². The summed E-state index contributed by atoms with van der Waals surface area (Å²) in [5.41, 5.74) is 9.49. The quantitative estimate of drug-likeness (QED) is 0.223. The number of rotatable bonds is 5. The lowest BCUT2D eigenvalue weighted by atomic mass is 9.94. The van der Waals surface area contributed by atoms with E-state index in [0.29, 0.717) is 0 Å². The molecule has 1 aromatic heterocycles. The third-order valence-electron chi connectivity index (χ3n) is 8.08. The van der Waals surface area contributed by atoms with Gasteiger partial charge >= 0.3 is 0 Å². The number of hydrogen-bond donors (Lipinski definition) is 1. The van der Waals surface area contributed by atoms with Crippen molar-refractivity contribution >= 4 is 53.7 Å². The summed E-state index contributed by atoms with van der Waals surface area (Å²) >= 11 is 1.86. The molecule has 0 fully saturated rings. The molecule has 0 spiro atoms. The fourth-order valence-electron chi connectivity index (χ4n) is 6.06. The maximum atomic E-state index is 3.73. The van der Waals surface area contributed by atoms with Gasteiger partial charge in [-0.2, -0.15) is 0 Å². The summed E-state index contributed by atoms with van der Waals surface area (Å²) < 4.78 is 2.65. The molecular formula is C40H27NS. The van der Waals surface area contributed by atoms with Crippen LogP contribution >= 0.6 is 11.3 Å². The van der Waals surface area contributed by atoms with Crippen LogP contribution in [-0.4, -0.2) is 0 Å². The van der Waals surface area contributed by atoms with Crippen molar-refractivity contribution < 1.29 is 0 Å². The Hall–Kier alpha value is -5.18. The summed E-state index contributed by atoms with van der Waals surface area (Å²) in [6.45, 7) is 0. The molecule has 0 saturated heterocycles. The van der Waals surface area contributed by atoms with E-state index in [9.17, 15) is 0 Å². The first-order valence-electron chi connectivity index (χ1n) is 14.3. The van der Waals surface area contributed by atoms with Crippen LogP contribution in [0.1, 0.15) is 0 Å². The normalized spacial score (nSPS) is 11.3. The van der Waals surface area contributed by atoms with Crippen molar-refractivity contribution in [1.82, 2.24) is 0 Å². The summed E-state index contributed by atoms with van der Waals surface area (Å²) in [4.78, 5) is 0. The van der Waals surface area contributed by atoms with Crippen LogP contribution in [-0.2, 0) is 0 Å². The molecule has 198 valence electrons. The summed E-state index contributed by atoms with van der Waals surface area (Å²) in [5, 5.41) is 8.92. The first kappa shape index (κ1) is 24.6. The van der Waals surface area contributed by atoms with Gasteiger partial charge in [0.15, 0.2) is 0 Å². The van der Waals surface area contributed by atoms with E-state index in [1.54, 1.807) is 0 Å². The maximum absolute atomic E-state index is 3.73. The average Bonchev–Trinajstić information content (AvgIpc) is 3.45. The third-order valence-corrected chi connectivity index (χ3v) is 9.22. The van der Waals surface area contributed by atoms with Crippen LogP contribution in [0.4, 0.5) is 11.4 Å². The van der Waals surface area contributed by atoms with E-state index in [1.807, 2.05) is 11.3 Å². The molecule has 1 N–H and O–H groups in total. The van der Waals surface area contributed by atoms with Gasteiger partial charge in [-0.1, -0.05) is 121 Å². The number of benzene rings is 7. The van der Waals surface area contributed by atoms with Crippen LogP contribution in [0.25, 0.3) is 64.3 Å². The molecule has 0 saturated carbocycles. The smallest absolute Gasteiger partial charge is 0.0464 e. The minimum absolute atomic E-state index is 1.06. The van der Waals surface area contributed by atoms with Crippen molar-refractivity contribution in [2.45, 2.75) is 0 Å². The predicted octanol–water partition coefficient (Wildman–Crippen LogP) is 12.0. The lowest BCUT2D eigenvalue weighted by Crippen LogP contribution is -1.94. The van der Waals surface area contributed by atoms with Crippen LogP contribution in [0.15, 0.2) is 158 Å². The second-order valence-corrected chi connectivity index (χ2v) is 11.7. The minimum Gasteiger partial charge on any atom is -0.355 e. The molecular weight excluding hydrogens is 527 g/mol. The number of thiophene rings is 1. The van der Waals surface area contributed by atoms with Crippen LogP contribution in [0.5, 0.6) is 0 Å². The van der Waals surface area contributed by atoms with Crippen molar-refractivity contribution in [3.05, 3.63) is 158 Å². The van der Waals surface area contributed by atoms with Crippen LogP contribution < -0.4 is 5.32 Å². The number of fused-ring (bicyclic) bond motifs is 4. The predicted molar refractivity (Wildman–Crippen MR) is 183 cm³/mol. The molecule has 0 radical (unpaired) electrons. The second-order valence-electron chi connectivity index (χ2n) is 10.6. The van der Waals surface area contributed by atoms with E-state index < -0.39 is 0 Å². The molecule has 1 heterocycles. The fourth-order valence-corrected chi connectivity index (χ4v) is 7.19. The van der Waals surface area contributed by atoms with Gasteiger partial charge in [-0.3, -0.25) is 0 Å². The highest BCUT2D eigenvalue weighted by Gasteiger charge is 2.14. The Balaban J connectivity index is 1.20. The molecule has 0 atom stereocenters. The third kappa shape index (κ3) is 4.34. The van der Waals surface area contributed by atoms with E-state index in [4.69, 9.17) is 0 Å². The van der Waals surface area contributed by atoms with Gasteiger partial charge in [-0.05, 0) is 75.0 Å². The summed E-state index contributed by atoms with van der Waals surface area (Å²) in [5.74, 6) is 0. The lowest BCUT2D eigenvalue weighted by Gasteiger charge is -2.16. The Bertz CT molecular complexity index is 2200. The first-order chi connectivity index (χ1) is 20.8. The van der Waals surface area contributed by atoms with Gasteiger partial charge < -0.3 is 5.32 Å². The lowest BCUT2D eigenvalue weighted by molar-refractivity contribution is 1.53.